The SMILES string of the molecule is C[C@@H](NC(=O)c1ccc(N(Cc2ccccc2Cl)S(C)(=O)=O)cc1)c1ccc(C(C)(C)C)cc1. The van der Waals surface area contributed by atoms with Crippen molar-refractivity contribution in [3.63, 3.8) is 0 Å². The van der Waals surface area contributed by atoms with Gasteiger partial charge in [0.25, 0.3) is 5.91 Å². The third-order valence-electron chi connectivity index (χ3n) is 5.71. The first kappa shape index (κ1) is 25.8. The highest BCUT2D eigenvalue weighted by Crippen LogP contribution is 2.26. The average molecular weight is 499 g/mol. The Kier molecular flexibility index (Phi) is 7.74. The second-order valence-electron chi connectivity index (χ2n) is 9.48. The van der Waals surface area contributed by atoms with Crippen molar-refractivity contribution < 1.29 is 13.2 Å². The minimum Gasteiger partial charge on any atom is -0.346 e. The van der Waals surface area contributed by atoms with Gasteiger partial charge in [-0.3, -0.25) is 9.10 Å². The third-order valence-corrected chi connectivity index (χ3v) is 7.22. The quantitative estimate of drug-likeness (QED) is 0.428. The monoisotopic (exact) mass is 498 g/mol. The van der Waals surface area contributed by atoms with Crippen LogP contribution >= 0.6 is 11.6 Å². The number of rotatable bonds is 7. The number of hydrogen-bond acceptors (Lipinski definition) is 3. The maximum atomic E-state index is 12.8. The molecule has 3 aromatic carbocycles. The van der Waals surface area contributed by atoms with Crippen LogP contribution in [0.2, 0.25) is 5.02 Å². The molecule has 180 valence electrons. The zero-order valence-electron chi connectivity index (χ0n) is 20.2. The van der Waals surface area contributed by atoms with E-state index in [1.165, 1.54) is 9.87 Å². The fourth-order valence-electron chi connectivity index (χ4n) is 3.60. The summed E-state index contributed by atoms with van der Waals surface area (Å²) in [4.78, 5) is 12.8. The van der Waals surface area contributed by atoms with E-state index in [-0.39, 0.29) is 23.9 Å². The van der Waals surface area contributed by atoms with Crippen molar-refractivity contribution in [3.8, 4) is 0 Å². The highest BCUT2D eigenvalue weighted by Gasteiger charge is 2.20. The summed E-state index contributed by atoms with van der Waals surface area (Å²) in [5, 5.41) is 3.51. The Bertz CT molecular complexity index is 1250. The van der Waals surface area contributed by atoms with E-state index < -0.39 is 10.0 Å². The topological polar surface area (TPSA) is 66.5 Å². The van der Waals surface area contributed by atoms with Crippen molar-refractivity contribution in [2.75, 3.05) is 10.6 Å². The first-order chi connectivity index (χ1) is 15.9. The van der Waals surface area contributed by atoms with Gasteiger partial charge in [-0.15, -0.1) is 0 Å². The average Bonchev–Trinajstić information content (AvgIpc) is 2.77. The number of anilines is 1. The molecule has 0 heterocycles. The summed E-state index contributed by atoms with van der Waals surface area (Å²) in [7, 11) is -3.56. The predicted octanol–water partition coefficient (Wildman–Crippen LogP) is 6.09. The lowest BCUT2D eigenvalue weighted by Crippen LogP contribution is -2.30. The van der Waals surface area contributed by atoms with E-state index in [0.717, 1.165) is 11.8 Å². The van der Waals surface area contributed by atoms with E-state index in [1.807, 2.05) is 25.1 Å². The van der Waals surface area contributed by atoms with Gasteiger partial charge in [0, 0.05) is 10.6 Å². The zero-order chi connectivity index (χ0) is 25.1. The van der Waals surface area contributed by atoms with Gasteiger partial charge in [-0.05, 0) is 59.4 Å². The molecule has 1 N–H and O–H groups in total. The number of carbonyl (C=O) groups excluding carboxylic acids is 1. The third kappa shape index (κ3) is 6.39. The highest BCUT2D eigenvalue weighted by molar-refractivity contribution is 7.92. The molecule has 7 heteroatoms. The number of halogens is 1. The zero-order valence-corrected chi connectivity index (χ0v) is 21.7. The molecule has 0 saturated carbocycles. The normalized spacial score (nSPS) is 12.8. The Hall–Kier alpha value is -2.83. The number of nitrogens with zero attached hydrogens (tertiary/aromatic N) is 1. The second-order valence-corrected chi connectivity index (χ2v) is 11.8. The minimum atomic E-state index is -3.56. The number of hydrogen-bond donors (Lipinski definition) is 1. The van der Waals surface area contributed by atoms with E-state index in [2.05, 4.69) is 38.2 Å². The first-order valence-corrected chi connectivity index (χ1v) is 13.3. The van der Waals surface area contributed by atoms with E-state index >= 15 is 0 Å². The van der Waals surface area contributed by atoms with Gasteiger partial charge in [0.1, 0.15) is 0 Å². The van der Waals surface area contributed by atoms with Crippen LogP contribution in [0.3, 0.4) is 0 Å². The van der Waals surface area contributed by atoms with Gasteiger partial charge in [0.2, 0.25) is 10.0 Å². The Balaban J connectivity index is 1.74. The standard InChI is InChI=1S/C27H31ClN2O3S/c1-19(20-10-14-23(15-11-20)27(2,3)4)29-26(31)21-12-16-24(17-13-21)30(34(5,32)33)18-22-8-6-7-9-25(22)28/h6-17,19H,18H2,1-5H3,(H,29,31)/t19-/m1/s1. The summed E-state index contributed by atoms with van der Waals surface area (Å²) in [6.07, 6.45) is 1.15. The largest absolute Gasteiger partial charge is 0.346 e. The maximum absolute atomic E-state index is 12.8. The lowest BCUT2D eigenvalue weighted by molar-refractivity contribution is 0.0940. The summed E-state index contributed by atoms with van der Waals surface area (Å²) in [5.74, 6) is -0.226. The molecule has 0 aliphatic carbocycles. The molecule has 0 bridgehead atoms. The number of amides is 1. The molecular formula is C27H31ClN2O3S. The molecule has 1 amide bonds. The van der Waals surface area contributed by atoms with Gasteiger partial charge >= 0.3 is 0 Å². The van der Waals surface area contributed by atoms with Crippen molar-refractivity contribution in [2.24, 2.45) is 0 Å². The Morgan fingerprint density at radius 2 is 1.56 bits per heavy atom. The predicted molar refractivity (Wildman–Crippen MR) is 140 cm³/mol. The van der Waals surface area contributed by atoms with Crippen molar-refractivity contribution in [3.05, 3.63) is 100 Å². The van der Waals surface area contributed by atoms with Crippen LogP contribution in [0.1, 0.15) is 60.8 Å². The number of sulfonamides is 1. The molecule has 0 aliphatic heterocycles. The van der Waals surface area contributed by atoms with Crippen LogP contribution in [-0.2, 0) is 22.0 Å². The molecule has 34 heavy (non-hydrogen) atoms. The van der Waals surface area contributed by atoms with Gasteiger partial charge in [0.05, 0.1) is 24.5 Å². The molecule has 5 nitrogen and oxygen atoms in total. The molecule has 0 unspecified atom stereocenters. The molecule has 0 aliphatic rings. The second kappa shape index (κ2) is 10.2. The molecule has 1 atom stereocenters. The molecule has 0 spiro atoms. The van der Waals surface area contributed by atoms with E-state index in [0.29, 0.717) is 21.8 Å². The summed E-state index contributed by atoms with van der Waals surface area (Å²) in [6.45, 7) is 8.53. The fraction of sp³-hybridized carbons (Fsp3) is 0.296. The smallest absolute Gasteiger partial charge is 0.251 e. The summed E-state index contributed by atoms with van der Waals surface area (Å²) in [6, 6.07) is 21.7. The number of carbonyl (C=O) groups is 1. The van der Waals surface area contributed by atoms with Crippen molar-refractivity contribution in [2.45, 2.75) is 45.7 Å². The molecule has 0 fully saturated rings. The van der Waals surface area contributed by atoms with Gasteiger partial charge in [-0.2, -0.15) is 0 Å². The first-order valence-electron chi connectivity index (χ1n) is 11.1. The minimum absolute atomic E-state index is 0.0679. The van der Waals surface area contributed by atoms with Crippen molar-refractivity contribution >= 4 is 33.2 Å². The number of nitrogens with one attached hydrogen (secondary N) is 1. The van der Waals surface area contributed by atoms with Crippen LogP contribution in [-0.4, -0.2) is 20.6 Å². The van der Waals surface area contributed by atoms with Crippen LogP contribution in [0.4, 0.5) is 5.69 Å². The van der Waals surface area contributed by atoms with E-state index in [4.69, 9.17) is 11.6 Å². The Labute approximate surface area is 207 Å². The van der Waals surface area contributed by atoms with Crippen LogP contribution in [0.25, 0.3) is 0 Å². The Morgan fingerprint density at radius 1 is 0.971 bits per heavy atom. The lowest BCUT2D eigenvalue weighted by atomic mass is 9.86. The van der Waals surface area contributed by atoms with Crippen LogP contribution in [0.15, 0.2) is 72.8 Å². The molecule has 0 saturated heterocycles. The molecule has 3 rings (SSSR count). The van der Waals surface area contributed by atoms with Gasteiger partial charge in [-0.1, -0.05) is 74.8 Å². The lowest BCUT2D eigenvalue weighted by Gasteiger charge is -2.23. The maximum Gasteiger partial charge on any atom is 0.251 e. The summed E-state index contributed by atoms with van der Waals surface area (Å²) >= 11 is 6.23. The fourth-order valence-corrected chi connectivity index (χ4v) is 4.67. The highest BCUT2D eigenvalue weighted by atomic mass is 35.5. The molecule has 0 radical (unpaired) electrons. The van der Waals surface area contributed by atoms with Crippen LogP contribution < -0.4 is 9.62 Å². The van der Waals surface area contributed by atoms with Crippen molar-refractivity contribution in [1.29, 1.82) is 0 Å². The van der Waals surface area contributed by atoms with E-state index in [9.17, 15) is 13.2 Å². The van der Waals surface area contributed by atoms with E-state index in [1.54, 1.807) is 42.5 Å². The summed E-state index contributed by atoms with van der Waals surface area (Å²) < 4.78 is 26.2. The van der Waals surface area contributed by atoms with Crippen LogP contribution in [0, 0.1) is 0 Å². The van der Waals surface area contributed by atoms with Gasteiger partial charge in [0.15, 0.2) is 0 Å². The molecule has 3 aromatic rings. The summed E-state index contributed by atoms with van der Waals surface area (Å²) in [5.41, 5.74) is 3.93. The Morgan fingerprint density at radius 3 is 2.09 bits per heavy atom. The number of benzene rings is 3. The van der Waals surface area contributed by atoms with Gasteiger partial charge in [-0.25, -0.2) is 8.42 Å². The molecular weight excluding hydrogens is 468 g/mol. The van der Waals surface area contributed by atoms with Crippen molar-refractivity contribution in [1.82, 2.24) is 5.32 Å². The van der Waals surface area contributed by atoms with Gasteiger partial charge < -0.3 is 5.32 Å². The molecule has 0 aromatic heterocycles. The van der Waals surface area contributed by atoms with Crippen LogP contribution in [0.5, 0.6) is 0 Å².